The van der Waals surface area contributed by atoms with E-state index in [1.54, 1.807) is 49.4 Å². The number of carbonyl (C=O) groups excluding carboxylic acids is 4. The molecule has 0 saturated carbocycles. The standard InChI is InChI=1S/C26H30ClN3O4/c1-17(23(32)28-26(2,3)4)30(16-18-9-7-10-19(27)15-18)22(31)13-8-14-29-24(33)20-11-5-6-12-21(20)25(29)34/h5-7,9-12,15,17H,8,13-14,16H2,1-4H3,(H,28,32)/t17-/m0/s1. The van der Waals surface area contributed by atoms with Crippen LogP contribution in [0.4, 0.5) is 0 Å². The molecule has 1 aliphatic rings. The Bertz CT molecular complexity index is 1070. The van der Waals surface area contributed by atoms with E-state index in [0.29, 0.717) is 22.6 Å². The molecule has 1 atom stereocenters. The van der Waals surface area contributed by atoms with Gasteiger partial charge >= 0.3 is 0 Å². The summed E-state index contributed by atoms with van der Waals surface area (Å²) in [7, 11) is 0. The lowest BCUT2D eigenvalue weighted by atomic mass is 10.1. The molecule has 34 heavy (non-hydrogen) atoms. The SMILES string of the molecule is C[C@@H](C(=O)NC(C)(C)C)N(Cc1cccc(Cl)c1)C(=O)CCCN1C(=O)c2ccccc2C1=O. The molecule has 180 valence electrons. The van der Waals surface area contributed by atoms with Crippen LogP contribution in [-0.2, 0) is 16.1 Å². The normalized spacial score (nSPS) is 14.1. The van der Waals surface area contributed by atoms with Crippen molar-refractivity contribution < 1.29 is 19.2 Å². The fraction of sp³-hybridized carbons (Fsp3) is 0.385. The summed E-state index contributed by atoms with van der Waals surface area (Å²) < 4.78 is 0. The smallest absolute Gasteiger partial charge is 0.261 e. The van der Waals surface area contributed by atoms with Gasteiger partial charge in [0, 0.05) is 30.1 Å². The molecule has 3 rings (SSSR count). The Morgan fingerprint density at radius 3 is 2.21 bits per heavy atom. The van der Waals surface area contributed by atoms with E-state index in [9.17, 15) is 19.2 Å². The Balaban J connectivity index is 1.69. The second kappa shape index (κ2) is 10.4. The minimum atomic E-state index is -0.718. The van der Waals surface area contributed by atoms with E-state index in [1.807, 2.05) is 26.8 Å². The first kappa shape index (κ1) is 25.4. The summed E-state index contributed by atoms with van der Waals surface area (Å²) in [6.07, 6.45) is 0.380. The van der Waals surface area contributed by atoms with Crippen LogP contribution in [0.2, 0.25) is 5.02 Å². The summed E-state index contributed by atoms with van der Waals surface area (Å²) in [5.74, 6) is -1.19. The molecule has 0 saturated heterocycles. The van der Waals surface area contributed by atoms with Crippen LogP contribution in [0.1, 0.15) is 66.8 Å². The van der Waals surface area contributed by atoms with Crippen molar-refractivity contribution in [2.24, 2.45) is 0 Å². The summed E-state index contributed by atoms with van der Waals surface area (Å²) in [6, 6.07) is 13.1. The maximum atomic E-state index is 13.2. The third-order valence-corrected chi connectivity index (χ3v) is 5.79. The van der Waals surface area contributed by atoms with Gasteiger partial charge in [-0.1, -0.05) is 35.9 Å². The highest BCUT2D eigenvalue weighted by atomic mass is 35.5. The van der Waals surface area contributed by atoms with Crippen LogP contribution < -0.4 is 5.32 Å². The fourth-order valence-electron chi connectivity index (χ4n) is 3.86. The maximum absolute atomic E-state index is 13.2. The van der Waals surface area contributed by atoms with Crippen molar-refractivity contribution >= 4 is 35.2 Å². The number of nitrogens with one attached hydrogen (secondary N) is 1. The molecule has 0 fully saturated rings. The van der Waals surface area contributed by atoms with Crippen molar-refractivity contribution in [3.8, 4) is 0 Å². The molecule has 0 radical (unpaired) electrons. The summed E-state index contributed by atoms with van der Waals surface area (Å²) in [5.41, 5.74) is 1.13. The quantitative estimate of drug-likeness (QED) is 0.574. The molecule has 4 amide bonds. The summed E-state index contributed by atoms with van der Waals surface area (Å²) in [6.45, 7) is 7.67. The van der Waals surface area contributed by atoms with Gasteiger partial charge in [-0.05, 0) is 63.9 Å². The first-order chi connectivity index (χ1) is 16.0. The lowest BCUT2D eigenvalue weighted by Crippen LogP contribution is -2.52. The second-order valence-electron chi connectivity index (χ2n) is 9.48. The Labute approximate surface area is 205 Å². The van der Waals surface area contributed by atoms with E-state index in [-0.39, 0.29) is 43.1 Å². The van der Waals surface area contributed by atoms with Crippen molar-refractivity contribution in [1.82, 2.24) is 15.1 Å². The maximum Gasteiger partial charge on any atom is 0.261 e. The van der Waals surface area contributed by atoms with Gasteiger partial charge in [-0.2, -0.15) is 0 Å². The fourth-order valence-corrected chi connectivity index (χ4v) is 4.08. The molecule has 0 unspecified atom stereocenters. The van der Waals surface area contributed by atoms with Crippen LogP contribution >= 0.6 is 11.6 Å². The molecule has 0 aromatic heterocycles. The minimum absolute atomic E-state index is 0.0844. The highest BCUT2D eigenvalue weighted by Crippen LogP contribution is 2.23. The number of amides is 4. The third kappa shape index (κ3) is 6.03. The van der Waals surface area contributed by atoms with E-state index < -0.39 is 11.6 Å². The largest absolute Gasteiger partial charge is 0.350 e. The van der Waals surface area contributed by atoms with Gasteiger partial charge in [-0.3, -0.25) is 24.1 Å². The zero-order valence-electron chi connectivity index (χ0n) is 19.9. The molecule has 8 heteroatoms. The molecular weight excluding hydrogens is 454 g/mol. The summed E-state index contributed by atoms with van der Waals surface area (Å²) in [4.78, 5) is 53.9. The number of hydrogen-bond donors (Lipinski definition) is 1. The van der Waals surface area contributed by atoms with Gasteiger partial charge in [0.25, 0.3) is 11.8 Å². The van der Waals surface area contributed by atoms with Gasteiger partial charge in [0.15, 0.2) is 0 Å². The molecule has 0 bridgehead atoms. The first-order valence-electron chi connectivity index (χ1n) is 11.3. The van der Waals surface area contributed by atoms with E-state index in [1.165, 1.54) is 9.80 Å². The van der Waals surface area contributed by atoms with Gasteiger partial charge < -0.3 is 10.2 Å². The van der Waals surface area contributed by atoms with Crippen LogP contribution in [0.25, 0.3) is 0 Å². The second-order valence-corrected chi connectivity index (χ2v) is 9.91. The Morgan fingerprint density at radius 2 is 1.65 bits per heavy atom. The van der Waals surface area contributed by atoms with Gasteiger partial charge in [-0.15, -0.1) is 0 Å². The number of carbonyl (C=O) groups is 4. The van der Waals surface area contributed by atoms with Crippen molar-refractivity contribution in [2.75, 3.05) is 6.54 Å². The number of halogens is 1. The van der Waals surface area contributed by atoms with E-state index in [2.05, 4.69) is 5.32 Å². The Morgan fingerprint density at radius 1 is 1.03 bits per heavy atom. The lowest BCUT2D eigenvalue weighted by molar-refractivity contribution is -0.141. The number of nitrogens with zero attached hydrogens (tertiary/aromatic N) is 2. The predicted octanol–water partition coefficient (Wildman–Crippen LogP) is 4.05. The van der Waals surface area contributed by atoms with Crippen LogP contribution in [-0.4, -0.2) is 51.6 Å². The highest BCUT2D eigenvalue weighted by Gasteiger charge is 2.35. The zero-order chi connectivity index (χ0) is 25.0. The van der Waals surface area contributed by atoms with E-state index in [0.717, 1.165) is 5.56 Å². The highest BCUT2D eigenvalue weighted by molar-refractivity contribution is 6.30. The van der Waals surface area contributed by atoms with Gasteiger partial charge in [0.1, 0.15) is 6.04 Å². The van der Waals surface area contributed by atoms with E-state index >= 15 is 0 Å². The predicted molar refractivity (Wildman–Crippen MR) is 130 cm³/mol. The topological polar surface area (TPSA) is 86.8 Å². The number of fused-ring (bicyclic) bond motifs is 1. The zero-order valence-corrected chi connectivity index (χ0v) is 20.7. The van der Waals surface area contributed by atoms with Crippen LogP contribution in [0, 0.1) is 0 Å². The summed E-state index contributed by atoms with van der Waals surface area (Å²) >= 11 is 6.11. The lowest BCUT2D eigenvalue weighted by Gasteiger charge is -2.31. The van der Waals surface area contributed by atoms with Crippen molar-refractivity contribution in [2.45, 2.75) is 58.7 Å². The van der Waals surface area contributed by atoms with Crippen molar-refractivity contribution in [1.29, 1.82) is 0 Å². The molecule has 2 aromatic carbocycles. The Hall–Kier alpha value is -3.19. The van der Waals surface area contributed by atoms with E-state index in [4.69, 9.17) is 11.6 Å². The molecular formula is C26H30ClN3O4. The van der Waals surface area contributed by atoms with Crippen LogP contribution in [0.5, 0.6) is 0 Å². The monoisotopic (exact) mass is 483 g/mol. The molecule has 0 aliphatic carbocycles. The van der Waals surface area contributed by atoms with Crippen LogP contribution in [0.3, 0.4) is 0 Å². The van der Waals surface area contributed by atoms with Gasteiger partial charge in [-0.25, -0.2) is 0 Å². The first-order valence-corrected chi connectivity index (χ1v) is 11.7. The molecule has 7 nitrogen and oxygen atoms in total. The number of imide groups is 1. The number of rotatable bonds is 8. The average molecular weight is 484 g/mol. The number of hydrogen-bond acceptors (Lipinski definition) is 4. The van der Waals surface area contributed by atoms with Gasteiger partial charge in [0.2, 0.25) is 11.8 Å². The average Bonchev–Trinajstić information content (AvgIpc) is 3.01. The number of benzene rings is 2. The molecule has 1 aliphatic heterocycles. The summed E-state index contributed by atoms with van der Waals surface area (Å²) in [5, 5.41) is 3.46. The molecule has 1 N–H and O–H groups in total. The molecule has 2 aromatic rings. The minimum Gasteiger partial charge on any atom is -0.350 e. The van der Waals surface area contributed by atoms with Gasteiger partial charge in [0.05, 0.1) is 11.1 Å². The van der Waals surface area contributed by atoms with Crippen molar-refractivity contribution in [3.63, 3.8) is 0 Å². The molecule has 1 heterocycles. The van der Waals surface area contributed by atoms with Crippen LogP contribution in [0.15, 0.2) is 48.5 Å². The van der Waals surface area contributed by atoms with Crippen molar-refractivity contribution in [3.05, 3.63) is 70.2 Å². The Kier molecular flexibility index (Phi) is 7.77. The third-order valence-electron chi connectivity index (χ3n) is 5.56. The molecule has 0 spiro atoms.